The summed E-state index contributed by atoms with van der Waals surface area (Å²) in [6.07, 6.45) is 3.21. The number of hydrogen-bond donors (Lipinski definition) is 6. The standard InChI is InChI=1S/C44H63BN4O10/c1-4-5-9-30-13-15-31(16-14-30)32-17-19-33(20-18-32)38(52)12-8-11-36(51)25-34(10-6-7-22-46)44(57)49-42(29(3)50)40(54)24-28(2)43(56)48-37(27-41(47)55)39(53)26-35-21-23-59-45(35)58/h13-20,28-29,34-35,37,42,50,58H,4-12,21-27,46H2,1-3H3,(H2,47,55)(H,48,56)(H,49,57)/t28-,29?,34-,35-,37+,42+/m1/s1. The predicted octanol–water partition coefficient (Wildman–Crippen LogP) is 3.80. The van der Waals surface area contributed by atoms with Gasteiger partial charge in [-0.25, -0.2) is 0 Å². The Balaban J connectivity index is 1.54. The molecule has 15 heteroatoms. The van der Waals surface area contributed by atoms with E-state index in [1.807, 2.05) is 12.1 Å². The highest BCUT2D eigenvalue weighted by atomic mass is 16.5. The number of Topliss-reactive ketones (excluding diaryl/α,β-unsaturated/α-hetero) is 4. The number of benzene rings is 2. The molecule has 1 unspecified atom stereocenters. The Kier molecular flexibility index (Phi) is 20.8. The number of hydrogen-bond acceptors (Lipinski definition) is 11. The summed E-state index contributed by atoms with van der Waals surface area (Å²) in [7, 11) is -1.14. The van der Waals surface area contributed by atoms with Gasteiger partial charge in [0.1, 0.15) is 11.8 Å². The fraction of sp³-hybridized carbons (Fsp3) is 0.568. The maximum Gasteiger partial charge on any atom is 0.458 e. The van der Waals surface area contributed by atoms with Gasteiger partial charge in [-0.15, -0.1) is 0 Å². The minimum absolute atomic E-state index is 0.0779. The molecule has 0 aliphatic carbocycles. The van der Waals surface area contributed by atoms with Crippen LogP contribution in [0.3, 0.4) is 0 Å². The molecule has 0 aromatic heterocycles. The van der Waals surface area contributed by atoms with Gasteiger partial charge in [-0.3, -0.25) is 33.6 Å². The van der Waals surface area contributed by atoms with Crippen LogP contribution in [0.25, 0.3) is 11.1 Å². The molecule has 322 valence electrons. The van der Waals surface area contributed by atoms with E-state index in [2.05, 4.69) is 41.8 Å². The van der Waals surface area contributed by atoms with Gasteiger partial charge in [-0.05, 0) is 68.7 Å². The van der Waals surface area contributed by atoms with Crippen molar-refractivity contribution >= 4 is 48.0 Å². The van der Waals surface area contributed by atoms with Crippen molar-refractivity contribution < 1.29 is 48.3 Å². The second kappa shape index (κ2) is 25.1. The Morgan fingerprint density at radius 2 is 1.49 bits per heavy atom. The summed E-state index contributed by atoms with van der Waals surface area (Å²) in [5.74, 6) is -6.00. The topological polar surface area (TPSA) is 245 Å². The third-order valence-electron chi connectivity index (χ3n) is 10.9. The van der Waals surface area contributed by atoms with Crippen molar-refractivity contribution in [2.45, 2.75) is 135 Å². The van der Waals surface area contributed by atoms with E-state index in [0.29, 0.717) is 44.2 Å². The quantitative estimate of drug-likeness (QED) is 0.0410. The van der Waals surface area contributed by atoms with Gasteiger partial charge in [0.05, 0.1) is 18.6 Å². The van der Waals surface area contributed by atoms with E-state index in [-0.39, 0.29) is 43.9 Å². The maximum atomic E-state index is 13.6. The maximum absolute atomic E-state index is 13.6. The summed E-state index contributed by atoms with van der Waals surface area (Å²) in [4.78, 5) is 90.9. The van der Waals surface area contributed by atoms with Crippen LogP contribution >= 0.6 is 0 Å². The Morgan fingerprint density at radius 3 is 2.07 bits per heavy atom. The molecular formula is C44H63BN4O10. The highest BCUT2D eigenvalue weighted by molar-refractivity contribution is 6.46. The fourth-order valence-electron chi connectivity index (χ4n) is 7.17. The zero-order chi connectivity index (χ0) is 43.5. The molecule has 0 radical (unpaired) electrons. The normalized spacial score (nSPS) is 16.4. The number of ketones is 4. The third kappa shape index (κ3) is 16.5. The molecule has 1 heterocycles. The van der Waals surface area contributed by atoms with Crippen molar-refractivity contribution in [1.82, 2.24) is 10.6 Å². The van der Waals surface area contributed by atoms with Crippen molar-refractivity contribution in [3.05, 3.63) is 59.7 Å². The Hall–Kier alpha value is -4.57. The first-order valence-corrected chi connectivity index (χ1v) is 21.0. The molecule has 1 fully saturated rings. The first-order valence-electron chi connectivity index (χ1n) is 21.0. The molecule has 3 rings (SSSR count). The summed E-state index contributed by atoms with van der Waals surface area (Å²) in [6.45, 7) is 5.57. The van der Waals surface area contributed by atoms with Gasteiger partial charge in [0.15, 0.2) is 17.3 Å². The molecule has 0 spiro atoms. The fourth-order valence-corrected chi connectivity index (χ4v) is 7.17. The third-order valence-corrected chi connectivity index (χ3v) is 10.9. The lowest BCUT2D eigenvalue weighted by molar-refractivity contribution is -0.136. The highest BCUT2D eigenvalue weighted by Crippen LogP contribution is 2.27. The lowest BCUT2D eigenvalue weighted by atomic mass is 9.70. The summed E-state index contributed by atoms with van der Waals surface area (Å²) < 4.78 is 5.08. The van der Waals surface area contributed by atoms with E-state index < -0.39 is 85.1 Å². The van der Waals surface area contributed by atoms with Gasteiger partial charge in [-0.2, -0.15) is 0 Å². The van der Waals surface area contributed by atoms with Gasteiger partial charge < -0.3 is 36.9 Å². The minimum Gasteiger partial charge on any atom is -0.427 e. The van der Waals surface area contributed by atoms with E-state index in [4.69, 9.17) is 16.1 Å². The second-order valence-corrected chi connectivity index (χ2v) is 15.9. The SMILES string of the molecule is CCCCc1ccc(-c2ccc(C(=O)CCCC(=O)C[C@@H](CCCCN)C(=O)N[C@H](C(=O)C[C@@H](C)C(=O)N[C@@H](CC(N)=O)C(=O)C[C@H]3CCOB3O)C(C)O)cc2)cc1. The Morgan fingerprint density at radius 1 is 0.831 bits per heavy atom. The Labute approximate surface area is 348 Å². The number of nitrogens with one attached hydrogen (secondary N) is 2. The molecule has 59 heavy (non-hydrogen) atoms. The molecule has 8 N–H and O–H groups in total. The predicted molar refractivity (Wildman–Crippen MR) is 225 cm³/mol. The first-order chi connectivity index (χ1) is 28.1. The first kappa shape index (κ1) is 48.8. The van der Waals surface area contributed by atoms with Crippen LogP contribution in [0.5, 0.6) is 0 Å². The Bertz CT molecular complexity index is 1720. The molecule has 3 amide bonds. The van der Waals surface area contributed by atoms with Crippen LogP contribution in [0.1, 0.15) is 120 Å². The zero-order valence-electron chi connectivity index (χ0n) is 34.8. The number of aliphatic hydroxyl groups excluding tert-OH is 1. The van der Waals surface area contributed by atoms with Crippen LogP contribution in [0, 0.1) is 11.8 Å². The summed E-state index contributed by atoms with van der Waals surface area (Å²) >= 11 is 0. The second-order valence-electron chi connectivity index (χ2n) is 15.9. The molecule has 2 aromatic carbocycles. The molecule has 0 saturated carbocycles. The van der Waals surface area contributed by atoms with E-state index >= 15 is 0 Å². The van der Waals surface area contributed by atoms with Gasteiger partial charge in [0.2, 0.25) is 17.7 Å². The van der Waals surface area contributed by atoms with Crippen LogP contribution in [-0.2, 0) is 39.8 Å². The highest BCUT2D eigenvalue weighted by Gasteiger charge is 2.37. The molecule has 2 aromatic rings. The molecule has 1 aliphatic heterocycles. The number of unbranched alkanes of at least 4 members (excludes halogenated alkanes) is 2. The molecule has 6 atom stereocenters. The van der Waals surface area contributed by atoms with E-state index in [9.17, 15) is 43.7 Å². The largest absolute Gasteiger partial charge is 0.458 e. The van der Waals surface area contributed by atoms with Gasteiger partial charge >= 0.3 is 7.12 Å². The van der Waals surface area contributed by atoms with E-state index in [1.165, 1.54) is 19.4 Å². The van der Waals surface area contributed by atoms with Crippen LogP contribution in [0.15, 0.2) is 48.5 Å². The molecule has 0 bridgehead atoms. The number of primary amides is 1. The number of nitrogens with two attached hydrogens (primary N) is 2. The lowest BCUT2D eigenvalue weighted by Crippen LogP contribution is -2.51. The number of aliphatic hydroxyl groups is 1. The van der Waals surface area contributed by atoms with Crippen molar-refractivity contribution in [2.75, 3.05) is 13.2 Å². The average molecular weight is 819 g/mol. The molecular weight excluding hydrogens is 755 g/mol. The zero-order valence-corrected chi connectivity index (χ0v) is 34.8. The van der Waals surface area contributed by atoms with Crippen LogP contribution in [0.2, 0.25) is 5.82 Å². The minimum atomic E-state index is -1.40. The summed E-state index contributed by atoms with van der Waals surface area (Å²) in [5, 5.41) is 25.5. The van der Waals surface area contributed by atoms with E-state index in [0.717, 1.165) is 30.4 Å². The number of aryl methyl sites for hydroxylation is 1. The van der Waals surface area contributed by atoms with Crippen molar-refractivity contribution in [2.24, 2.45) is 23.3 Å². The number of amides is 3. The molecule has 1 saturated heterocycles. The average Bonchev–Trinajstić information content (AvgIpc) is 3.61. The van der Waals surface area contributed by atoms with Crippen LogP contribution in [0.4, 0.5) is 0 Å². The van der Waals surface area contributed by atoms with Crippen molar-refractivity contribution in [1.29, 1.82) is 0 Å². The van der Waals surface area contributed by atoms with Crippen LogP contribution < -0.4 is 22.1 Å². The lowest BCUT2D eigenvalue weighted by Gasteiger charge is -2.25. The van der Waals surface area contributed by atoms with Crippen molar-refractivity contribution in [3.8, 4) is 11.1 Å². The molecule has 14 nitrogen and oxygen atoms in total. The monoisotopic (exact) mass is 818 g/mol. The number of carbonyl (C=O) groups excluding carboxylic acids is 7. The van der Waals surface area contributed by atoms with Crippen LogP contribution in [-0.4, -0.2) is 89.4 Å². The molecule has 1 aliphatic rings. The number of rotatable bonds is 28. The summed E-state index contributed by atoms with van der Waals surface area (Å²) in [6, 6.07) is 13.2. The van der Waals surface area contributed by atoms with Crippen molar-refractivity contribution in [3.63, 3.8) is 0 Å². The summed E-state index contributed by atoms with van der Waals surface area (Å²) in [5.41, 5.74) is 14.9. The van der Waals surface area contributed by atoms with E-state index in [1.54, 1.807) is 12.1 Å². The van der Waals surface area contributed by atoms with Gasteiger partial charge in [-0.1, -0.05) is 75.2 Å². The van der Waals surface area contributed by atoms with Gasteiger partial charge in [0.25, 0.3) is 0 Å². The number of carbonyl (C=O) groups is 7. The van der Waals surface area contributed by atoms with Gasteiger partial charge in [0, 0.05) is 61.9 Å². The smallest absolute Gasteiger partial charge is 0.427 e.